The number of hydrogen-bond acceptors (Lipinski definition) is 1. The van der Waals surface area contributed by atoms with Gasteiger partial charge in [0.1, 0.15) is 0 Å². The monoisotopic (exact) mass is 276 g/mol. The molecule has 0 saturated heterocycles. The lowest BCUT2D eigenvalue weighted by Crippen LogP contribution is -2.25. The van der Waals surface area contributed by atoms with Gasteiger partial charge in [-0.2, -0.15) is 0 Å². The molecule has 0 aliphatic heterocycles. The average Bonchev–Trinajstić information content (AvgIpc) is 1.98. The quantitative estimate of drug-likeness (QED) is 0.598. The predicted molar refractivity (Wildman–Crippen MR) is 54.3 cm³/mol. The molecule has 0 aromatic rings. The van der Waals surface area contributed by atoms with Gasteiger partial charge in [-0.15, -0.1) is 0 Å². The van der Waals surface area contributed by atoms with E-state index < -0.39 is 10.3 Å². The van der Waals surface area contributed by atoms with Crippen molar-refractivity contribution in [3.63, 3.8) is 0 Å². The van der Waals surface area contributed by atoms with E-state index in [1.54, 1.807) is 0 Å². The number of carboxylic acid groups (broad SMARTS) is 1. The van der Waals surface area contributed by atoms with Crippen LogP contribution in [0.15, 0.2) is 0 Å². The van der Waals surface area contributed by atoms with E-state index >= 15 is 0 Å². The van der Waals surface area contributed by atoms with Crippen LogP contribution in [0, 0.1) is 0 Å². The molecule has 0 unspecified atom stereocenters. The lowest BCUT2D eigenvalue weighted by Gasteiger charge is -2.12. The lowest BCUT2D eigenvalue weighted by molar-refractivity contribution is -0.138. The van der Waals surface area contributed by atoms with Crippen LogP contribution < -0.4 is 0 Å². The summed E-state index contributed by atoms with van der Waals surface area (Å²) < 4.78 is -1.60. The number of carboxylic acids is 1. The molecule has 72 valence electrons. The number of rotatable bonds is 6. The molecule has 0 atom stereocenters. The van der Waals surface area contributed by atoms with Crippen molar-refractivity contribution in [1.82, 2.24) is 0 Å². The van der Waals surface area contributed by atoms with Crippen LogP contribution in [-0.2, 0) is 4.79 Å². The van der Waals surface area contributed by atoms with Gasteiger partial charge in [0.15, 0.2) is 0 Å². The number of hydrogen-bond donors (Lipinski definition) is 1. The zero-order valence-electron chi connectivity index (χ0n) is 6.52. The molecular formula is C7H11BrCl2O2. The van der Waals surface area contributed by atoms with Crippen LogP contribution in [0.2, 0.25) is 0 Å². The molecule has 0 aromatic heterocycles. The van der Waals surface area contributed by atoms with Crippen LogP contribution in [0.3, 0.4) is 0 Å². The summed E-state index contributed by atoms with van der Waals surface area (Å²) in [5.74, 6) is -1.16. The number of unbranched alkanes of at least 4 members (excludes halogenated alkanes) is 2. The summed E-state index contributed by atoms with van der Waals surface area (Å²) in [5.41, 5.74) is 0. The molecule has 1 N–H and O–H groups in total. The summed E-state index contributed by atoms with van der Waals surface area (Å²) in [4.78, 5) is 10.4. The molecular weight excluding hydrogens is 267 g/mol. The van der Waals surface area contributed by atoms with Gasteiger partial charge in [0.25, 0.3) is 0 Å². The smallest absolute Gasteiger partial charge is 0.340 e. The average molecular weight is 278 g/mol. The Morgan fingerprint density at radius 3 is 2.33 bits per heavy atom. The topological polar surface area (TPSA) is 37.3 Å². The van der Waals surface area contributed by atoms with E-state index in [0.29, 0.717) is 6.42 Å². The molecule has 2 nitrogen and oxygen atoms in total. The van der Waals surface area contributed by atoms with E-state index in [4.69, 9.17) is 28.3 Å². The lowest BCUT2D eigenvalue weighted by atomic mass is 10.1. The van der Waals surface area contributed by atoms with E-state index in [1.807, 2.05) is 0 Å². The number of carbonyl (C=O) groups is 1. The zero-order valence-corrected chi connectivity index (χ0v) is 9.62. The van der Waals surface area contributed by atoms with Gasteiger partial charge in [0.2, 0.25) is 4.33 Å². The molecule has 0 bridgehead atoms. The standard InChI is InChI=1S/C7H11BrCl2O2/c8-5-3-1-2-4-7(9,10)6(11)12/h1-5H2,(H,11,12). The van der Waals surface area contributed by atoms with Gasteiger partial charge in [0.05, 0.1) is 0 Å². The second kappa shape index (κ2) is 6.06. The molecule has 0 amide bonds. The normalized spacial score (nSPS) is 11.6. The summed E-state index contributed by atoms with van der Waals surface area (Å²) in [6.07, 6.45) is 3.01. The molecule has 0 radical (unpaired) electrons. The minimum Gasteiger partial charge on any atom is -0.479 e. The molecule has 0 aromatic carbocycles. The molecule has 5 heteroatoms. The Balaban J connectivity index is 3.54. The second-order valence-corrected chi connectivity index (χ2v) is 4.79. The highest BCUT2D eigenvalue weighted by molar-refractivity contribution is 9.09. The fraction of sp³-hybridized carbons (Fsp3) is 0.857. The van der Waals surface area contributed by atoms with Crippen molar-refractivity contribution < 1.29 is 9.90 Å². The SMILES string of the molecule is O=C(O)C(Cl)(Cl)CCCCCBr. The van der Waals surface area contributed by atoms with Crippen molar-refractivity contribution in [1.29, 1.82) is 0 Å². The van der Waals surface area contributed by atoms with Gasteiger partial charge < -0.3 is 5.11 Å². The highest BCUT2D eigenvalue weighted by atomic mass is 79.9. The first-order chi connectivity index (χ1) is 5.50. The van der Waals surface area contributed by atoms with Crippen LogP contribution in [-0.4, -0.2) is 20.7 Å². The van der Waals surface area contributed by atoms with Crippen molar-refractivity contribution in [2.75, 3.05) is 5.33 Å². The molecule has 0 aliphatic rings. The number of halogens is 3. The van der Waals surface area contributed by atoms with Gasteiger partial charge in [-0.1, -0.05) is 45.6 Å². The summed E-state index contributed by atoms with van der Waals surface area (Å²) in [6, 6.07) is 0. The van der Waals surface area contributed by atoms with Gasteiger partial charge in [0, 0.05) is 5.33 Å². The minimum absolute atomic E-state index is 0.304. The van der Waals surface area contributed by atoms with Gasteiger partial charge in [-0.25, -0.2) is 4.79 Å². The maximum atomic E-state index is 10.4. The first-order valence-corrected chi connectivity index (χ1v) is 5.55. The van der Waals surface area contributed by atoms with Crippen molar-refractivity contribution >= 4 is 45.1 Å². The van der Waals surface area contributed by atoms with Crippen molar-refractivity contribution in [3.05, 3.63) is 0 Å². The van der Waals surface area contributed by atoms with E-state index in [-0.39, 0.29) is 0 Å². The summed E-state index contributed by atoms with van der Waals surface area (Å²) in [7, 11) is 0. The fourth-order valence-electron chi connectivity index (χ4n) is 0.725. The van der Waals surface area contributed by atoms with Crippen LogP contribution in [0.5, 0.6) is 0 Å². The Bertz CT molecular complexity index is 150. The number of alkyl halides is 3. The van der Waals surface area contributed by atoms with Crippen molar-refractivity contribution in [2.24, 2.45) is 0 Å². The Hall–Kier alpha value is 0.530. The summed E-state index contributed by atoms with van der Waals surface area (Å²) >= 11 is 14.3. The van der Waals surface area contributed by atoms with E-state index in [2.05, 4.69) is 15.9 Å². The van der Waals surface area contributed by atoms with Crippen LogP contribution in [0.25, 0.3) is 0 Å². The van der Waals surface area contributed by atoms with Gasteiger partial charge in [-0.3, -0.25) is 0 Å². The van der Waals surface area contributed by atoms with Crippen molar-refractivity contribution in [3.8, 4) is 0 Å². The zero-order chi connectivity index (χ0) is 9.61. The van der Waals surface area contributed by atoms with Gasteiger partial charge in [-0.05, 0) is 19.3 Å². The summed E-state index contributed by atoms with van der Waals surface area (Å²) in [6.45, 7) is 0. The maximum Gasteiger partial charge on any atom is 0.340 e. The third-order valence-electron chi connectivity index (χ3n) is 1.44. The fourth-order valence-corrected chi connectivity index (χ4v) is 1.39. The molecule has 0 spiro atoms. The highest BCUT2D eigenvalue weighted by Crippen LogP contribution is 2.27. The predicted octanol–water partition coefficient (Wildman–Crippen LogP) is 3.20. The maximum absolute atomic E-state index is 10.4. The molecule has 12 heavy (non-hydrogen) atoms. The third kappa shape index (κ3) is 5.22. The largest absolute Gasteiger partial charge is 0.479 e. The van der Waals surface area contributed by atoms with E-state index in [0.717, 1.165) is 24.6 Å². The second-order valence-electron chi connectivity index (χ2n) is 2.51. The van der Waals surface area contributed by atoms with Crippen LogP contribution in [0.1, 0.15) is 25.7 Å². The van der Waals surface area contributed by atoms with Gasteiger partial charge >= 0.3 is 5.97 Å². The Morgan fingerprint density at radius 1 is 1.33 bits per heavy atom. The Morgan fingerprint density at radius 2 is 1.92 bits per heavy atom. The molecule has 0 aliphatic carbocycles. The van der Waals surface area contributed by atoms with E-state index in [1.165, 1.54) is 0 Å². The molecule has 0 fully saturated rings. The van der Waals surface area contributed by atoms with Crippen LogP contribution >= 0.6 is 39.1 Å². The molecule has 0 heterocycles. The first-order valence-electron chi connectivity index (χ1n) is 3.68. The van der Waals surface area contributed by atoms with E-state index in [9.17, 15) is 4.79 Å². The Kier molecular flexibility index (Phi) is 6.32. The summed E-state index contributed by atoms with van der Waals surface area (Å²) in [5, 5.41) is 9.45. The van der Waals surface area contributed by atoms with Crippen molar-refractivity contribution in [2.45, 2.75) is 30.0 Å². The highest BCUT2D eigenvalue weighted by Gasteiger charge is 2.32. The first kappa shape index (κ1) is 12.5. The third-order valence-corrected chi connectivity index (χ3v) is 2.70. The Labute approximate surface area is 90.4 Å². The molecule has 0 saturated carbocycles. The number of aliphatic carboxylic acids is 1. The molecule has 0 rings (SSSR count). The minimum atomic E-state index is -1.60. The van der Waals surface area contributed by atoms with Crippen LogP contribution in [0.4, 0.5) is 0 Å².